The van der Waals surface area contributed by atoms with Gasteiger partial charge in [-0.1, -0.05) is 0 Å². The van der Waals surface area contributed by atoms with Crippen LogP contribution in [0, 0.1) is 6.92 Å². The van der Waals surface area contributed by atoms with Crippen molar-refractivity contribution in [3.05, 3.63) is 17.7 Å². The summed E-state index contributed by atoms with van der Waals surface area (Å²) in [6.07, 6.45) is -0.211. The number of nitrogens with zero attached hydrogens (tertiary/aromatic N) is 5. The van der Waals surface area contributed by atoms with Crippen molar-refractivity contribution in [3.63, 3.8) is 0 Å². The molecule has 2 rings (SSSR count). The molecule has 0 fully saturated rings. The van der Waals surface area contributed by atoms with Gasteiger partial charge in [-0.2, -0.15) is 35.1 Å². The van der Waals surface area contributed by atoms with Crippen LogP contribution in [0.5, 0.6) is 0 Å². The highest BCUT2D eigenvalue weighted by Crippen LogP contribution is 2.25. The molecule has 0 aromatic carbocycles. The summed E-state index contributed by atoms with van der Waals surface area (Å²) in [5.41, 5.74) is 1.20. The molecule has 0 saturated carbocycles. The molecule has 0 N–H and O–H groups in total. The average Bonchev–Trinajstić information content (AvgIpc) is 2.88. The van der Waals surface area contributed by atoms with Crippen molar-refractivity contribution >= 4 is 11.8 Å². The second-order valence-corrected chi connectivity index (χ2v) is 5.65. The molecule has 0 bridgehead atoms. The topological polar surface area (TPSA) is 48.5 Å². The molecular formula is C12H16F3N5S. The fourth-order valence-corrected chi connectivity index (χ4v) is 2.37. The van der Waals surface area contributed by atoms with Crippen molar-refractivity contribution in [1.82, 2.24) is 24.5 Å². The van der Waals surface area contributed by atoms with Crippen LogP contribution in [-0.4, -0.2) is 42.7 Å². The molecule has 2 aromatic rings. The van der Waals surface area contributed by atoms with Crippen LogP contribution in [0.15, 0.2) is 6.20 Å². The van der Waals surface area contributed by atoms with Crippen LogP contribution in [0.25, 0.3) is 11.4 Å². The predicted octanol–water partition coefficient (Wildman–Crippen LogP) is 2.45. The van der Waals surface area contributed by atoms with Crippen LogP contribution in [-0.2, 0) is 20.0 Å². The molecule has 0 spiro atoms. The number of hydrogen-bond donors (Lipinski definition) is 0. The van der Waals surface area contributed by atoms with E-state index in [4.69, 9.17) is 0 Å². The molecule has 2 heterocycles. The Kier molecular flexibility index (Phi) is 4.60. The summed E-state index contributed by atoms with van der Waals surface area (Å²) in [6.45, 7) is 0.590. The first-order chi connectivity index (χ1) is 9.80. The molecule has 0 aliphatic rings. The van der Waals surface area contributed by atoms with E-state index in [0.29, 0.717) is 23.5 Å². The van der Waals surface area contributed by atoms with E-state index < -0.39 is 12.7 Å². The van der Waals surface area contributed by atoms with Gasteiger partial charge in [0.1, 0.15) is 6.54 Å². The van der Waals surface area contributed by atoms with Crippen LogP contribution in [0.1, 0.15) is 11.5 Å². The number of hydrogen-bond acceptors (Lipinski definition) is 4. The van der Waals surface area contributed by atoms with E-state index in [1.165, 1.54) is 0 Å². The number of rotatable bonds is 5. The van der Waals surface area contributed by atoms with Gasteiger partial charge in [0.05, 0.1) is 11.3 Å². The van der Waals surface area contributed by atoms with E-state index in [9.17, 15) is 13.2 Å². The van der Waals surface area contributed by atoms with Crippen molar-refractivity contribution in [2.24, 2.45) is 7.05 Å². The van der Waals surface area contributed by atoms with Crippen LogP contribution < -0.4 is 0 Å². The summed E-state index contributed by atoms with van der Waals surface area (Å²) in [4.78, 5) is 4.26. The van der Waals surface area contributed by atoms with E-state index in [2.05, 4.69) is 15.2 Å². The van der Waals surface area contributed by atoms with E-state index in [0.717, 1.165) is 10.4 Å². The zero-order valence-electron chi connectivity index (χ0n) is 12.0. The van der Waals surface area contributed by atoms with Gasteiger partial charge < -0.3 is 0 Å². The average molecular weight is 319 g/mol. The minimum atomic E-state index is -4.34. The highest BCUT2D eigenvalue weighted by atomic mass is 32.2. The van der Waals surface area contributed by atoms with Gasteiger partial charge in [0, 0.05) is 25.4 Å². The lowest BCUT2D eigenvalue weighted by Gasteiger charge is -2.08. The smallest absolute Gasteiger partial charge is 0.275 e. The third kappa shape index (κ3) is 3.99. The first kappa shape index (κ1) is 15.9. The fourth-order valence-electron chi connectivity index (χ4n) is 1.99. The molecule has 5 nitrogen and oxygen atoms in total. The second-order valence-electron chi connectivity index (χ2n) is 4.67. The first-order valence-electron chi connectivity index (χ1n) is 6.30. The summed E-state index contributed by atoms with van der Waals surface area (Å²) < 4.78 is 40.5. The lowest BCUT2D eigenvalue weighted by molar-refractivity contribution is -0.142. The molecule has 116 valence electrons. The molecule has 0 radical (unpaired) electrons. The van der Waals surface area contributed by atoms with E-state index in [1.54, 1.807) is 36.6 Å². The van der Waals surface area contributed by atoms with Gasteiger partial charge in [-0.15, -0.1) is 0 Å². The third-order valence-electron chi connectivity index (χ3n) is 2.83. The summed E-state index contributed by atoms with van der Waals surface area (Å²) in [7, 11) is 1.72. The van der Waals surface area contributed by atoms with Crippen LogP contribution >= 0.6 is 11.8 Å². The lowest BCUT2D eigenvalue weighted by atomic mass is 10.2. The SMILES string of the molecule is CSCCc1nc(-c2cn(C)nc2C)n(CC(F)(F)F)n1. The van der Waals surface area contributed by atoms with Crippen LogP contribution in [0.3, 0.4) is 0 Å². The molecule has 0 atom stereocenters. The minimum Gasteiger partial charge on any atom is -0.275 e. The monoisotopic (exact) mass is 319 g/mol. The highest BCUT2D eigenvalue weighted by Gasteiger charge is 2.31. The predicted molar refractivity (Wildman–Crippen MR) is 75.1 cm³/mol. The molecule has 9 heteroatoms. The third-order valence-corrected chi connectivity index (χ3v) is 3.44. The molecule has 0 amide bonds. The molecule has 2 aromatic heterocycles. The van der Waals surface area contributed by atoms with Crippen molar-refractivity contribution in [3.8, 4) is 11.4 Å². The standard InChI is InChI=1S/C12H16F3N5S/c1-8-9(6-19(2)17-8)11-16-10(4-5-21-3)18-20(11)7-12(13,14)15/h6H,4-5,7H2,1-3H3. The molecule has 0 aliphatic carbocycles. The first-order valence-corrected chi connectivity index (χ1v) is 7.69. The maximum atomic E-state index is 12.7. The summed E-state index contributed by atoms with van der Waals surface area (Å²) >= 11 is 1.60. The fraction of sp³-hybridized carbons (Fsp3) is 0.583. The Hall–Kier alpha value is -1.51. The van der Waals surface area contributed by atoms with Gasteiger partial charge in [0.25, 0.3) is 0 Å². The van der Waals surface area contributed by atoms with Gasteiger partial charge in [-0.25, -0.2) is 9.67 Å². The Bertz CT molecular complexity index is 617. The van der Waals surface area contributed by atoms with Crippen molar-refractivity contribution in [2.75, 3.05) is 12.0 Å². The number of halogens is 3. The van der Waals surface area contributed by atoms with Crippen LogP contribution in [0.4, 0.5) is 13.2 Å². The highest BCUT2D eigenvalue weighted by molar-refractivity contribution is 7.98. The zero-order chi connectivity index (χ0) is 15.6. The van der Waals surface area contributed by atoms with Gasteiger partial charge in [-0.3, -0.25) is 4.68 Å². The molecular weight excluding hydrogens is 303 g/mol. The Morgan fingerprint density at radius 2 is 2.00 bits per heavy atom. The van der Waals surface area contributed by atoms with Gasteiger partial charge in [-0.05, 0) is 13.2 Å². The largest absolute Gasteiger partial charge is 0.408 e. The quantitative estimate of drug-likeness (QED) is 0.849. The minimum absolute atomic E-state index is 0.217. The maximum Gasteiger partial charge on any atom is 0.408 e. The molecule has 21 heavy (non-hydrogen) atoms. The summed E-state index contributed by atoms with van der Waals surface area (Å²) in [5, 5.41) is 8.14. The molecule has 0 saturated heterocycles. The van der Waals surface area contributed by atoms with Crippen LogP contribution in [0.2, 0.25) is 0 Å². The van der Waals surface area contributed by atoms with Gasteiger partial charge in [0.2, 0.25) is 0 Å². The number of aryl methyl sites for hydroxylation is 3. The Balaban J connectivity index is 2.41. The number of aromatic nitrogens is 5. The lowest BCUT2D eigenvalue weighted by Crippen LogP contribution is -2.19. The zero-order valence-corrected chi connectivity index (χ0v) is 12.8. The van der Waals surface area contributed by atoms with Gasteiger partial charge >= 0.3 is 6.18 Å². The Labute approximate surface area is 124 Å². The van der Waals surface area contributed by atoms with Crippen molar-refractivity contribution in [2.45, 2.75) is 26.1 Å². The molecule has 0 unspecified atom stereocenters. The number of alkyl halides is 3. The van der Waals surface area contributed by atoms with Crippen molar-refractivity contribution < 1.29 is 13.2 Å². The Morgan fingerprint density at radius 1 is 1.29 bits per heavy atom. The maximum absolute atomic E-state index is 12.7. The summed E-state index contributed by atoms with van der Waals surface area (Å²) in [6, 6.07) is 0. The van der Waals surface area contributed by atoms with E-state index in [1.807, 2.05) is 6.26 Å². The second kappa shape index (κ2) is 6.08. The Morgan fingerprint density at radius 3 is 2.52 bits per heavy atom. The summed E-state index contributed by atoms with van der Waals surface area (Å²) in [5.74, 6) is 1.41. The van der Waals surface area contributed by atoms with Gasteiger partial charge in [0.15, 0.2) is 11.6 Å². The molecule has 0 aliphatic heterocycles. The number of thioether (sulfide) groups is 1. The normalized spacial score (nSPS) is 12.1. The van der Waals surface area contributed by atoms with Crippen molar-refractivity contribution in [1.29, 1.82) is 0 Å². The van der Waals surface area contributed by atoms with E-state index in [-0.39, 0.29) is 5.82 Å². The van der Waals surface area contributed by atoms with E-state index >= 15 is 0 Å².